The molecule has 6 nitrogen and oxygen atoms in total. The molecule has 2 amide bonds. The Morgan fingerprint density at radius 3 is 2.61 bits per heavy atom. The van der Waals surface area contributed by atoms with Crippen molar-refractivity contribution in [2.24, 2.45) is 5.92 Å². The zero-order valence-corrected chi connectivity index (χ0v) is 19.9. The molecular formula is C24H37ClN4O2. The summed E-state index contributed by atoms with van der Waals surface area (Å²) in [4.78, 5) is 29.6. The molecule has 172 valence electrons. The molecule has 0 bridgehead atoms. The Hall–Kier alpha value is -1.63. The van der Waals surface area contributed by atoms with E-state index in [1.807, 2.05) is 26.1 Å². The normalized spacial score (nSPS) is 20.3. The van der Waals surface area contributed by atoms with Crippen molar-refractivity contribution in [2.45, 2.75) is 65.0 Å². The van der Waals surface area contributed by atoms with Crippen LogP contribution in [-0.2, 0) is 16.1 Å². The summed E-state index contributed by atoms with van der Waals surface area (Å²) < 4.78 is 0. The van der Waals surface area contributed by atoms with Crippen molar-refractivity contribution in [1.82, 2.24) is 15.1 Å². The lowest BCUT2D eigenvalue weighted by Crippen LogP contribution is -2.54. The molecule has 1 unspecified atom stereocenters. The Morgan fingerprint density at radius 2 is 1.94 bits per heavy atom. The zero-order chi connectivity index (χ0) is 22.4. The molecular weight excluding hydrogens is 412 g/mol. The Morgan fingerprint density at radius 1 is 1.19 bits per heavy atom. The summed E-state index contributed by atoms with van der Waals surface area (Å²) in [5.74, 6) is 0.606. The van der Waals surface area contributed by atoms with Crippen LogP contribution in [0.1, 0.15) is 56.6 Å². The molecule has 1 aromatic rings. The number of hydrogen-bond acceptors (Lipinski definition) is 4. The van der Waals surface area contributed by atoms with Gasteiger partial charge in [0.1, 0.15) is 0 Å². The Bertz CT molecular complexity index is 779. The van der Waals surface area contributed by atoms with Gasteiger partial charge in [-0.2, -0.15) is 0 Å². The lowest BCUT2D eigenvalue weighted by atomic mass is 10.0. The van der Waals surface area contributed by atoms with E-state index in [4.69, 9.17) is 11.6 Å². The maximum atomic E-state index is 12.9. The summed E-state index contributed by atoms with van der Waals surface area (Å²) in [6.07, 6.45) is 5.77. The first kappa shape index (κ1) is 24.0. The van der Waals surface area contributed by atoms with Gasteiger partial charge in [0.2, 0.25) is 11.8 Å². The van der Waals surface area contributed by atoms with Crippen molar-refractivity contribution in [1.29, 1.82) is 0 Å². The largest absolute Gasteiger partial charge is 0.337 e. The van der Waals surface area contributed by atoms with Crippen LogP contribution < -0.4 is 10.6 Å². The van der Waals surface area contributed by atoms with Gasteiger partial charge in [-0.15, -0.1) is 0 Å². The van der Waals surface area contributed by atoms with Gasteiger partial charge in [-0.3, -0.25) is 14.5 Å². The number of piperazine rings is 1. The highest BCUT2D eigenvalue weighted by molar-refractivity contribution is 6.31. The molecule has 3 rings (SSSR count). The minimum atomic E-state index is 0.0132. The molecule has 1 aliphatic heterocycles. The first-order chi connectivity index (χ1) is 14.9. The highest BCUT2D eigenvalue weighted by atomic mass is 35.5. The summed E-state index contributed by atoms with van der Waals surface area (Å²) in [6, 6.07) is 4.04. The van der Waals surface area contributed by atoms with Crippen LogP contribution in [-0.4, -0.2) is 60.9 Å². The molecule has 0 spiro atoms. The molecule has 2 aliphatic rings. The van der Waals surface area contributed by atoms with Crippen LogP contribution >= 0.6 is 11.6 Å². The van der Waals surface area contributed by atoms with Gasteiger partial charge in [-0.05, 0) is 70.0 Å². The lowest BCUT2D eigenvalue weighted by Gasteiger charge is -2.41. The molecule has 31 heavy (non-hydrogen) atoms. The Labute approximate surface area is 191 Å². The van der Waals surface area contributed by atoms with Crippen LogP contribution in [0.3, 0.4) is 0 Å². The Balaban J connectivity index is 1.60. The number of amides is 2. The molecule has 1 aliphatic carbocycles. The van der Waals surface area contributed by atoms with E-state index in [9.17, 15) is 9.59 Å². The molecule has 1 saturated heterocycles. The predicted octanol–water partition coefficient (Wildman–Crippen LogP) is 3.81. The molecule has 0 radical (unpaired) electrons. The predicted molar refractivity (Wildman–Crippen MR) is 126 cm³/mol. The number of hydrogen-bond donors (Lipinski definition) is 2. The van der Waals surface area contributed by atoms with Gasteiger partial charge in [0.05, 0.1) is 0 Å². The van der Waals surface area contributed by atoms with Crippen LogP contribution in [0.5, 0.6) is 0 Å². The van der Waals surface area contributed by atoms with Gasteiger partial charge in [-0.25, -0.2) is 0 Å². The average molecular weight is 449 g/mol. The lowest BCUT2D eigenvalue weighted by molar-refractivity contribution is -0.140. The second-order valence-electron chi connectivity index (χ2n) is 9.09. The fraction of sp³-hybridized carbons (Fsp3) is 0.667. The van der Waals surface area contributed by atoms with Crippen molar-refractivity contribution in [2.75, 3.05) is 38.5 Å². The number of rotatable bonds is 8. The minimum absolute atomic E-state index is 0.0132. The number of nitrogens with one attached hydrogen (secondary N) is 2. The zero-order valence-electron chi connectivity index (χ0n) is 19.2. The second kappa shape index (κ2) is 11.3. The van der Waals surface area contributed by atoms with E-state index >= 15 is 0 Å². The number of halogens is 1. The quantitative estimate of drug-likeness (QED) is 0.593. The second-order valence-corrected chi connectivity index (χ2v) is 9.53. The molecule has 1 saturated carbocycles. The van der Waals surface area contributed by atoms with Crippen molar-refractivity contribution >= 4 is 29.1 Å². The summed E-state index contributed by atoms with van der Waals surface area (Å²) in [5, 5.41) is 6.72. The van der Waals surface area contributed by atoms with Crippen LogP contribution in [0.4, 0.5) is 5.69 Å². The summed E-state index contributed by atoms with van der Waals surface area (Å²) in [5.41, 5.74) is 2.98. The first-order valence-electron chi connectivity index (χ1n) is 11.7. The summed E-state index contributed by atoms with van der Waals surface area (Å²) in [7, 11) is 1.89. The molecule has 1 aromatic carbocycles. The summed E-state index contributed by atoms with van der Waals surface area (Å²) in [6.45, 7) is 8.28. The van der Waals surface area contributed by atoms with E-state index < -0.39 is 0 Å². The van der Waals surface area contributed by atoms with Crippen molar-refractivity contribution in [3.63, 3.8) is 0 Å². The third-order valence-corrected chi connectivity index (χ3v) is 6.90. The highest BCUT2D eigenvalue weighted by Crippen LogP contribution is 2.29. The fourth-order valence-electron chi connectivity index (χ4n) is 4.82. The number of anilines is 1. The monoisotopic (exact) mass is 448 g/mol. The Kier molecular flexibility index (Phi) is 8.76. The van der Waals surface area contributed by atoms with Crippen LogP contribution in [0.25, 0.3) is 0 Å². The summed E-state index contributed by atoms with van der Waals surface area (Å²) >= 11 is 6.38. The number of benzene rings is 1. The van der Waals surface area contributed by atoms with E-state index in [2.05, 4.69) is 27.4 Å². The molecule has 0 aromatic heterocycles. The van der Waals surface area contributed by atoms with Gasteiger partial charge in [0, 0.05) is 55.3 Å². The number of carbonyl (C=O) groups is 2. The SMILES string of the molecule is CNCCCC(=O)Nc1cc(Cl)cc(CN2CCN(C(=O)C3CCCC3)C(C)C2)c1C. The van der Waals surface area contributed by atoms with E-state index in [-0.39, 0.29) is 17.9 Å². The topological polar surface area (TPSA) is 64.7 Å². The fourth-order valence-corrected chi connectivity index (χ4v) is 5.06. The van der Waals surface area contributed by atoms with Gasteiger partial charge >= 0.3 is 0 Å². The molecule has 7 heteroatoms. The highest BCUT2D eigenvalue weighted by Gasteiger charge is 2.33. The van der Waals surface area contributed by atoms with Crippen LogP contribution in [0, 0.1) is 12.8 Å². The van der Waals surface area contributed by atoms with Gasteiger partial charge in [0.25, 0.3) is 0 Å². The molecule has 1 atom stereocenters. The first-order valence-corrected chi connectivity index (χ1v) is 12.0. The van der Waals surface area contributed by atoms with E-state index in [0.29, 0.717) is 17.4 Å². The average Bonchev–Trinajstić information content (AvgIpc) is 3.26. The molecule has 1 heterocycles. The molecule has 2 N–H and O–H groups in total. The third-order valence-electron chi connectivity index (χ3n) is 6.68. The van der Waals surface area contributed by atoms with Crippen molar-refractivity contribution in [3.05, 3.63) is 28.3 Å². The van der Waals surface area contributed by atoms with E-state index in [0.717, 1.165) is 68.8 Å². The number of nitrogens with zero attached hydrogens (tertiary/aromatic N) is 2. The van der Waals surface area contributed by atoms with E-state index in [1.54, 1.807) is 0 Å². The van der Waals surface area contributed by atoms with Gasteiger partial charge in [0.15, 0.2) is 0 Å². The van der Waals surface area contributed by atoms with Gasteiger partial charge in [-0.1, -0.05) is 24.4 Å². The standard InChI is InChI=1S/C24H37ClN4O2/c1-17-15-28(11-12-29(17)24(31)19-7-4-5-8-19)16-20-13-21(25)14-22(18(20)2)27-23(30)9-6-10-26-3/h13-14,17,19,26H,4-12,15-16H2,1-3H3,(H,27,30). The maximum Gasteiger partial charge on any atom is 0.226 e. The van der Waals surface area contributed by atoms with Gasteiger partial charge < -0.3 is 15.5 Å². The molecule has 2 fully saturated rings. The van der Waals surface area contributed by atoms with Crippen LogP contribution in [0.2, 0.25) is 5.02 Å². The van der Waals surface area contributed by atoms with Crippen molar-refractivity contribution in [3.8, 4) is 0 Å². The minimum Gasteiger partial charge on any atom is -0.337 e. The number of carbonyl (C=O) groups excluding carboxylic acids is 2. The van der Waals surface area contributed by atoms with Crippen molar-refractivity contribution < 1.29 is 9.59 Å². The van der Waals surface area contributed by atoms with Crippen LogP contribution in [0.15, 0.2) is 12.1 Å². The maximum absolute atomic E-state index is 12.9. The third kappa shape index (κ3) is 6.43. The smallest absolute Gasteiger partial charge is 0.226 e. The van der Waals surface area contributed by atoms with E-state index in [1.165, 1.54) is 12.8 Å².